The molecule has 0 amide bonds. The van der Waals surface area contributed by atoms with Gasteiger partial charge in [0, 0.05) is 6.07 Å². The molecule has 3 aromatic rings. The maximum Gasteiger partial charge on any atom is 0.534 e. The maximum atomic E-state index is 14.3. The van der Waals surface area contributed by atoms with Crippen molar-refractivity contribution < 1.29 is 34.6 Å². The second-order valence-electron chi connectivity index (χ2n) is 8.95. The molecule has 0 saturated heterocycles. The predicted octanol–water partition coefficient (Wildman–Crippen LogP) is 4.47. The van der Waals surface area contributed by atoms with Crippen LogP contribution < -0.4 is 4.18 Å². The Labute approximate surface area is 189 Å². The van der Waals surface area contributed by atoms with Crippen molar-refractivity contribution in [3.63, 3.8) is 0 Å². The van der Waals surface area contributed by atoms with Gasteiger partial charge >= 0.3 is 15.6 Å². The first-order valence-corrected chi connectivity index (χ1v) is 11.6. The molecule has 4 atom stereocenters. The SMILES string of the molecule is CC12C3C[C@]1(c1cccc(OS(=O)(=O)C(F)(F)F)n1)c1nnc(-c4c(F)cccc4F)cc1C32. The Morgan fingerprint density at radius 3 is 2.41 bits per heavy atom. The minimum Gasteiger partial charge on any atom is -0.355 e. The van der Waals surface area contributed by atoms with Gasteiger partial charge in [0.2, 0.25) is 5.88 Å². The van der Waals surface area contributed by atoms with Gasteiger partial charge in [-0.3, -0.25) is 0 Å². The Kier molecular flexibility index (Phi) is 3.96. The molecular formula is C22H14F5N3O3S. The standard InChI is InChI=1S/C22H14F5N3O3S/c1-20-11-9-21(20,15-6-3-7-16(28-15)33-34(31,32)22(25,26)27)19-10(18(11)20)8-14(29-30-19)17-12(23)4-2-5-13(17)24/h2-8,11,18H,9H2,1H3/t11?,18?,20?,21-/m0/s1. The Balaban J connectivity index is 1.44. The number of pyridine rings is 1. The molecular weight excluding hydrogens is 481 g/mol. The molecule has 0 bridgehead atoms. The number of aromatic nitrogens is 3. The zero-order valence-electron chi connectivity index (χ0n) is 17.3. The van der Waals surface area contributed by atoms with Crippen LogP contribution in [-0.4, -0.2) is 29.1 Å². The number of hydrogen-bond donors (Lipinski definition) is 0. The lowest BCUT2D eigenvalue weighted by atomic mass is 9.57. The van der Waals surface area contributed by atoms with Crippen LogP contribution in [0.3, 0.4) is 0 Å². The third kappa shape index (κ3) is 2.44. The van der Waals surface area contributed by atoms with E-state index in [2.05, 4.69) is 19.4 Å². The molecule has 2 heterocycles. The van der Waals surface area contributed by atoms with E-state index in [1.807, 2.05) is 6.92 Å². The number of alkyl halides is 3. The molecule has 3 aliphatic rings. The van der Waals surface area contributed by atoms with Gasteiger partial charge in [0.05, 0.1) is 28.1 Å². The van der Waals surface area contributed by atoms with E-state index in [0.29, 0.717) is 17.8 Å². The summed E-state index contributed by atoms with van der Waals surface area (Å²) in [4.78, 5) is 4.10. The first kappa shape index (κ1) is 21.4. The van der Waals surface area contributed by atoms with Gasteiger partial charge in [0.25, 0.3) is 0 Å². The quantitative estimate of drug-likeness (QED) is 0.302. The van der Waals surface area contributed by atoms with Crippen molar-refractivity contribution in [3.05, 3.63) is 71.1 Å². The molecule has 1 aromatic carbocycles. The highest BCUT2D eigenvalue weighted by Crippen LogP contribution is 2.90. The third-order valence-corrected chi connectivity index (χ3v) is 8.53. The molecule has 6 rings (SSSR count). The average Bonchev–Trinajstić information content (AvgIpc) is 3.18. The zero-order chi connectivity index (χ0) is 24.3. The topological polar surface area (TPSA) is 82.0 Å². The van der Waals surface area contributed by atoms with E-state index in [4.69, 9.17) is 0 Å². The van der Waals surface area contributed by atoms with Crippen molar-refractivity contribution in [2.75, 3.05) is 0 Å². The molecule has 3 unspecified atom stereocenters. The van der Waals surface area contributed by atoms with Crippen LogP contribution in [0.1, 0.15) is 36.2 Å². The van der Waals surface area contributed by atoms with Crippen LogP contribution in [0.2, 0.25) is 0 Å². The largest absolute Gasteiger partial charge is 0.534 e. The molecule has 3 aliphatic carbocycles. The van der Waals surface area contributed by atoms with Gasteiger partial charge in [-0.1, -0.05) is 19.1 Å². The Morgan fingerprint density at radius 1 is 1.06 bits per heavy atom. The minimum atomic E-state index is -5.88. The Bertz CT molecular complexity index is 1480. The number of nitrogens with zero attached hydrogens (tertiary/aromatic N) is 3. The van der Waals surface area contributed by atoms with E-state index in [0.717, 1.165) is 23.8 Å². The molecule has 2 aromatic heterocycles. The summed E-state index contributed by atoms with van der Waals surface area (Å²) in [6.45, 7) is 1.98. The fourth-order valence-corrected chi connectivity index (χ4v) is 6.44. The second-order valence-corrected chi connectivity index (χ2v) is 10.5. The summed E-state index contributed by atoms with van der Waals surface area (Å²) in [6.07, 6.45) is 0.589. The first-order chi connectivity index (χ1) is 15.9. The van der Waals surface area contributed by atoms with Crippen molar-refractivity contribution in [1.82, 2.24) is 15.2 Å². The highest BCUT2D eigenvalue weighted by molar-refractivity contribution is 7.87. The van der Waals surface area contributed by atoms with Crippen LogP contribution in [0.25, 0.3) is 11.3 Å². The fourth-order valence-electron chi connectivity index (χ4n) is 6.02. The first-order valence-electron chi connectivity index (χ1n) is 10.2. The number of hydrogen-bond acceptors (Lipinski definition) is 6. The van der Waals surface area contributed by atoms with Gasteiger partial charge in [-0.15, -0.1) is 5.10 Å². The monoisotopic (exact) mass is 495 g/mol. The highest BCUT2D eigenvalue weighted by Gasteiger charge is 2.87. The summed E-state index contributed by atoms with van der Waals surface area (Å²) in [5.41, 5.74) is -5.46. The van der Waals surface area contributed by atoms with E-state index >= 15 is 0 Å². The smallest absolute Gasteiger partial charge is 0.355 e. The molecule has 2 fully saturated rings. The Hall–Kier alpha value is -3.15. The van der Waals surface area contributed by atoms with Gasteiger partial charge in [0.15, 0.2) is 0 Å². The lowest BCUT2D eigenvalue weighted by molar-refractivity contribution is -0.0501. The summed E-state index contributed by atoms with van der Waals surface area (Å²) < 4.78 is 93.9. The van der Waals surface area contributed by atoms with Crippen LogP contribution in [0.15, 0.2) is 42.5 Å². The highest BCUT2D eigenvalue weighted by atomic mass is 32.2. The van der Waals surface area contributed by atoms with E-state index in [9.17, 15) is 30.4 Å². The fraction of sp³-hybridized carbons (Fsp3) is 0.318. The molecule has 0 N–H and O–H groups in total. The summed E-state index contributed by atoms with van der Waals surface area (Å²) in [5, 5.41) is 8.35. The summed E-state index contributed by atoms with van der Waals surface area (Å²) in [6, 6.07) is 9.05. The van der Waals surface area contributed by atoms with Crippen molar-refractivity contribution >= 4 is 10.1 Å². The lowest BCUT2D eigenvalue weighted by Gasteiger charge is -2.46. The predicted molar refractivity (Wildman–Crippen MR) is 107 cm³/mol. The van der Waals surface area contributed by atoms with Crippen molar-refractivity contribution in [2.24, 2.45) is 11.3 Å². The van der Waals surface area contributed by atoms with Gasteiger partial charge in [-0.05, 0) is 53.5 Å². The second kappa shape index (κ2) is 6.29. The molecule has 2 saturated carbocycles. The van der Waals surface area contributed by atoms with Crippen molar-refractivity contribution in [2.45, 2.75) is 30.2 Å². The van der Waals surface area contributed by atoms with E-state index in [-0.39, 0.29) is 28.5 Å². The summed E-state index contributed by atoms with van der Waals surface area (Å²) in [5.74, 6) is -2.02. The average molecular weight is 495 g/mol. The van der Waals surface area contributed by atoms with Crippen LogP contribution in [0.4, 0.5) is 22.0 Å². The number of rotatable bonds is 4. The van der Waals surface area contributed by atoms with Crippen LogP contribution in [-0.2, 0) is 15.5 Å². The van der Waals surface area contributed by atoms with E-state index in [1.54, 1.807) is 12.1 Å². The van der Waals surface area contributed by atoms with Crippen LogP contribution in [0, 0.1) is 23.0 Å². The van der Waals surface area contributed by atoms with Gasteiger partial charge in [-0.25, -0.2) is 13.8 Å². The van der Waals surface area contributed by atoms with Crippen molar-refractivity contribution in [3.8, 4) is 17.1 Å². The van der Waals surface area contributed by atoms with Gasteiger partial charge in [0.1, 0.15) is 11.6 Å². The number of halogens is 5. The zero-order valence-corrected chi connectivity index (χ0v) is 18.1. The molecule has 176 valence electrons. The Morgan fingerprint density at radius 2 is 1.74 bits per heavy atom. The van der Waals surface area contributed by atoms with Crippen LogP contribution in [0.5, 0.6) is 5.88 Å². The van der Waals surface area contributed by atoms with Crippen LogP contribution >= 0.6 is 0 Å². The third-order valence-electron chi connectivity index (χ3n) is 7.58. The molecule has 0 radical (unpaired) electrons. The molecule has 0 aliphatic heterocycles. The van der Waals surface area contributed by atoms with E-state index < -0.39 is 38.6 Å². The molecule has 0 spiro atoms. The van der Waals surface area contributed by atoms with E-state index in [1.165, 1.54) is 12.1 Å². The normalized spacial score (nSPS) is 28.6. The lowest BCUT2D eigenvalue weighted by Crippen LogP contribution is -2.46. The number of benzene rings is 1. The summed E-state index contributed by atoms with van der Waals surface area (Å²) >= 11 is 0. The summed E-state index contributed by atoms with van der Waals surface area (Å²) in [7, 11) is -5.88. The van der Waals surface area contributed by atoms with Gasteiger partial charge in [-0.2, -0.15) is 26.7 Å². The maximum absolute atomic E-state index is 14.3. The minimum absolute atomic E-state index is 0.0110. The molecule has 34 heavy (non-hydrogen) atoms. The van der Waals surface area contributed by atoms with Gasteiger partial charge < -0.3 is 4.18 Å². The van der Waals surface area contributed by atoms with Crippen molar-refractivity contribution in [1.29, 1.82) is 0 Å². The molecule has 6 nitrogen and oxygen atoms in total. The molecule has 12 heteroatoms. The number of fused-ring (bicyclic) bond motifs is 4.